The number of hydrogen-bond donors (Lipinski definition) is 1. The molecule has 1 aromatic carbocycles. The molecule has 1 aliphatic heterocycles. The zero-order valence-electron chi connectivity index (χ0n) is 12.8. The van der Waals surface area contributed by atoms with Crippen molar-refractivity contribution in [3.8, 4) is 0 Å². The van der Waals surface area contributed by atoms with Crippen LogP contribution in [0.25, 0.3) is 0 Å². The van der Waals surface area contributed by atoms with E-state index in [0.29, 0.717) is 6.54 Å². The monoisotopic (exact) mass is 308 g/mol. The quantitative estimate of drug-likeness (QED) is 0.921. The Hall–Kier alpha value is -1.06. The number of rotatable bonds is 4. The maximum atomic E-state index is 12.3. The summed E-state index contributed by atoms with van der Waals surface area (Å²) in [7, 11) is 0. The molecular weight excluding hydrogens is 284 g/mol. The van der Waals surface area contributed by atoms with Crippen LogP contribution >= 0.6 is 11.6 Å². The molecule has 3 nitrogen and oxygen atoms in total. The summed E-state index contributed by atoms with van der Waals surface area (Å²) in [4.78, 5) is 14.6. The van der Waals surface area contributed by atoms with Crippen molar-refractivity contribution in [1.82, 2.24) is 10.2 Å². The van der Waals surface area contributed by atoms with E-state index in [-0.39, 0.29) is 11.9 Å². The lowest BCUT2D eigenvalue weighted by molar-refractivity contribution is -0.126. The number of halogens is 1. The van der Waals surface area contributed by atoms with Crippen molar-refractivity contribution >= 4 is 17.5 Å². The first-order valence-electron chi connectivity index (χ1n) is 7.93. The zero-order chi connectivity index (χ0) is 15.1. The summed E-state index contributed by atoms with van der Waals surface area (Å²) in [6, 6.07) is 7.55. The number of nitrogens with zero attached hydrogens (tertiary/aromatic N) is 1. The minimum Gasteiger partial charge on any atom is -0.351 e. The highest BCUT2D eigenvalue weighted by atomic mass is 35.5. The van der Waals surface area contributed by atoms with Crippen LogP contribution in [0.4, 0.5) is 0 Å². The van der Waals surface area contributed by atoms with Crippen LogP contribution in [0.2, 0.25) is 5.02 Å². The molecule has 0 bridgehead atoms. The highest BCUT2D eigenvalue weighted by molar-refractivity contribution is 6.30. The molecule has 1 N–H and O–H groups in total. The Morgan fingerprint density at radius 1 is 1.14 bits per heavy atom. The van der Waals surface area contributed by atoms with Crippen LogP contribution in [0.5, 0.6) is 0 Å². The summed E-state index contributed by atoms with van der Waals surface area (Å²) in [5.74, 6) is 0.116. The van der Waals surface area contributed by atoms with Crippen molar-refractivity contribution in [3.05, 3.63) is 34.9 Å². The second-order valence-electron chi connectivity index (χ2n) is 5.82. The molecule has 0 aromatic heterocycles. The Kier molecular flexibility index (Phi) is 6.52. The Morgan fingerprint density at radius 2 is 1.71 bits per heavy atom. The first-order valence-corrected chi connectivity index (χ1v) is 8.31. The minimum atomic E-state index is -0.0459. The van der Waals surface area contributed by atoms with Gasteiger partial charge in [0.05, 0.1) is 6.04 Å². The Morgan fingerprint density at radius 3 is 2.33 bits per heavy atom. The van der Waals surface area contributed by atoms with Gasteiger partial charge in [-0.1, -0.05) is 43.0 Å². The second kappa shape index (κ2) is 8.40. The maximum Gasteiger partial charge on any atom is 0.237 e. The molecule has 1 fully saturated rings. The first kappa shape index (κ1) is 16.3. The average molecular weight is 309 g/mol. The summed E-state index contributed by atoms with van der Waals surface area (Å²) < 4.78 is 0. The molecule has 0 spiro atoms. The normalized spacial score (nSPS) is 18.6. The van der Waals surface area contributed by atoms with Crippen LogP contribution in [0.1, 0.15) is 44.6 Å². The van der Waals surface area contributed by atoms with Gasteiger partial charge in [0, 0.05) is 11.6 Å². The molecule has 2 rings (SSSR count). The van der Waals surface area contributed by atoms with Gasteiger partial charge >= 0.3 is 0 Å². The molecule has 1 aliphatic rings. The van der Waals surface area contributed by atoms with Crippen molar-refractivity contribution in [2.75, 3.05) is 13.1 Å². The molecule has 21 heavy (non-hydrogen) atoms. The van der Waals surface area contributed by atoms with Crippen molar-refractivity contribution < 1.29 is 4.79 Å². The number of benzene rings is 1. The van der Waals surface area contributed by atoms with Crippen LogP contribution in [0.15, 0.2) is 24.3 Å². The van der Waals surface area contributed by atoms with E-state index < -0.39 is 0 Å². The molecular formula is C17H25ClN2O. The van der Waals surface area contributed by atoms with Gasteiger partial charge < -0.3 is 5.32 Å². The third kappa shape index (κ3) is 5.33. The van der Waals surface area contributed by atoms with Gasteiger partial charge in [0.2, 0.25) is 5.91 Å². The largest absolute Gasteiger partial charge is 0.351 e. The van der Waals surface area contributed by atoms with E-state index in [2.05, 4.69) is 10.2 Å². The SMILES string of the molecule is C[C@H](C(=O)NCc1ccc(Cl)cc1)N1CCCCCCC1. The van der Waals surface area contributed by atoms with E-state index >= 15 is 0 Å². The van der Waals surface area contributed by atoms with Gasteiger partial charge in [0.1, 0.15) is 0 Å². The molecule has 1 aromatic rings. The molecule has 1 heterocycles. The number of carbonyl (C=O) groups is 1. The van der Waals surface area contributed by atoms with E-state index in [0.717, 1.165) is 23.7 Å². The predicted molar refractivity (Wildman–Crippen MR) is 87.4 cm³/mol. The standard InChI is InChI=1S/C17H25ClN2O/c1-14(20-11-5-3-2-4-6-12-20)17(21)19-13-15-7-9-16(18)10-8-15/h7-10,14H,2-6,11-13H2,1H3,(H,19,21)/t14-/m1/s1. The minimum absolute atomic E-state index is 0.0459. The molecule has 1 amide bonds. The Labute approximate surface area is 132 Å². The van der Waals surface area contributed by atoms with Gasteiger partial charge in [-0.15, -0.1) is 0 Å². The van der Waals surface area contributed by atoms with Crippen molar-refractivity contribution in [3.63, 3.8) is 0 Å². The third-order valence-corrected chi connectivity index (χ3v) is 4.45. The molecule has 1 saturated heterocycles. The summed E-state index contributed by atoms with van der Waals surface area (Å²) in [6.07, 6.45) is 6.32. The smallest absolute Gasteiger partial charge is 0.237 e. The number of likely N-dealkylation sites (tertiary alicyclic amines) is 1. The fourth-order valence-electron chi connectivity index (χ4n) is 2.76. The molecule has 0 aliphatic carbocycles. The number of carbonyl (C=O) groups excluding carboxylic acids is 1. The van der Waals surface area contributed by atoms with Gasteiger partial charge in [-0.05, 0) is 50.6 Å². The topological polar surface area (TPSA) is 32.3 Å². The highest BCUT2D eigenvalue weighted by Gasteiger charge is 2.21. The van der Waals surface area contributed by atoms with Crippen molar-refractivity contribution in [2.24, 2.45) is 0 Å². The van der Waals surface area contributed by atoms with Crippen LogP contribution in [-0.2, 0) is 11.3 Å². The van der Waals surface area contributed by atoms with Gasteiger partial charge in [-0.2, -0.15) is 0 Å². The fraction of sp³-hybridized carbons (Fsp3) is 0.588. The Bertz CT molecular complexity index is 439. The average Bonchev–Trinajstić information content (AvgIpc) is 2.45. The van der Waals surface area contributed by atoms with E-state index in [1.807, 2.05) is 31.2 Å². The number of hydrogen-bond acceptors (Lipinski definition) is 2. The molecule has 0 radical (unpaired) electrons. The highest BCUT2D eigenvalue weighted by Crippen LogP contribution is 2.13. The fourth-order valence-corrected chi connectivity index (χ4v) is 2.89. The van der Waals surface area contributed by atoms with Gasteiger partial charge in [0.25, 0.3) is 0 Å². The van der Waals surface area contributed by atoms with Crippen LogP contribution in [0, 0.1) is 0 Å². The number of nitrogens with one attached hydrogen (secondary N) is 1. The van der Waals surface area contributed by atoms with Crippen molar-refractivity contribution in [1.29, 1.82) is 0 Å². The van der Waals surface area contributed by atoms with E-state index in [9.17, 15) is 4.79 Å². The third-order valence-electron chi connectivity index (χ3n) is 4.20. The summed E-state index contributed by atoms with van der Waals surface area (Å²) in [5.41, 5.74) is 1.08. The summed E-state index contributed by atoms with van der Waals surface area (Å²) in [5, 5.41) is 3.75. The van der Waals surface area contributed by atoms with E-state index in [1.165, 1.54) is 32.1 Å². The summed E-state index contributed by atoms with van der Waals surface area (Å²) >= 11 is 5.86. The van der Waals surface area contributed by atoms with E-state index in [4.69, 9.17) is 11.6 Å². The number of amides is 1. The molecule has 116 valence electrons. The van der Waals surface area contributed by atoms with E-state index in [1.54, 1.807) is 0 Å². The molecule has 0 saturated carbocycles. The Balaban J connectivity index is 1.82. The lowest BCUT2D eigenvalue weighted by Gasteiger charge is -2.29. The molecule has 0 unspecified atom stereocenters. The summed E-state index contributed by atoms with van der Waals surface area (Å²) in [6.45, 7) is 4.65. The van der Waals surface area contributed by atoms with Gasteiger partial charge in [0.15, 0.2) is 0 Å². The van der Waals surface area contributed by atoms with Crippen LogP contribution < -0.4 is 5.32 Å². The first-order chi connectivity index (χ1) is 10.2. The zero-order valence-corrected chi connectivity index (χ0v) is 13.5. The molecule has 4 heteroatoms. The van der Waals surface area contributed by atoms with Crippen LogP contribution in [-0.4, -0.2) is 29.9 Å². The van der Waals surface area contributed by atoms with Gasteiger partial charge in [-0.3, -0.25) is 9.69 Å². The lowest BCUT2D eigenvalue weighted by Crippen LogP contribution is -2.46. The maximum absolute atomic E-state index is 12.3. The van der Waals surface area contributed by atoms with Crippen molar-refractivity contribution in [2.45, 2.75) is 51.6 Å². The van der Waals surface area contributed by atoms with Gasteiger partial charge in [-0.25, -0.2) is 0 Å². The molecule has 1 atom stereocenters. The predicted octanol–water partition coefficient (Wildman–Crippen LogP) is 3.61. The van der Waals surface area contributed by atoms with Crippen LogP contribution in [0.3, 0.4) is 0 Å². The second-order valence-corrected chi connectivity index (χ2v) is 6.26. The lowest BCUT2D eigenvalue weighted by atomic mass is 10.1.